The third kappa shape index (κ3) is 9.16. The number of hydrogen-bond donors (Lipinski definition) is 3. The zero-order valence-electron chi connectivity index (χ0n) is 24.6. The van der Waals surface area contributed by atoms with Gasteiger partial charge in [0.05, 0.1) is 4.92 Å². The van der Waals surface area contributed by atoms with Gasteiger partial charge in [0, 0.05) is 39.0 Å². The van der Waals surface area contributed by atoms with Crippen molar-refractivity contribution in [1.82, 2.24) is 5.32 Å². The van der Waals surface area contributed by atoms with Gasteiger partial charge in [-0.05, 0) is 90.0 Å². The molecule has 0 bridgehead atoms. The van der Waals surface area contributed by atoms with Crippen LogP contribution in [0.5, 0.6) is 0 Å². The van der Waals surface area contributed by atoms with Crippen molar-refractivity contribution in [3.63, 3.8) is 0 Å². The molecule has 0 heterocycles. The van der Waals surface area contributed by atoms with E-state index in [2.05, 4.69) is 16.0 Å². The van der Waals surface area contributed by atoms with E-state index in [1.807, 2.05) is 30.3 Å². The number of nitrogens with one attached hydrogen (secondary N) is 3. The van der Waals surface area contributed by atoms with Crippen LogP contribution in [0, 0.1) is 10.1 Å². The summed E-state index contributed by atoms with van der Waals surface area (Å²) in [4.78, 5) is 51.1. The van der Waals surface area contributed by atoms with E-state index in [4.69, 9.17) is 11.6 Å². The Morgan fingerprint density at radius 2 is 1.30 bits per heavy atom. The van der Waals surface area contributed by atoms with Gasteiger partial charge in [0.1, 0.15) is 10.9 Å². The topological polar surface area (TPSA) is 130 Å². The number of carbonyl (C=O) groups is 3. The van der Waals surface area contributed by atoms with Gasteiger partial charge in [0.2, 0.25) is 5.91 Å². The normalized spacial score (nSPS) is 11.6. The summed E-state index contributed by atoms with van der Waals surface area (Å²) in [6.45, 7) is 0. The number of rotatable bonds is 11. The van der Waals surface area contributed by atoms with Crippen LogP contribution in [0.25, 0.3) is 6.08 Å². The fraction of sp³-hybridized carbons (Fsp3) is 0.0278. The summed E-state index contributed by atoms with van der Waals surface area (Å²) < 4.78 is 0. The summed E-state index contributed by atoms with van der Waals surface area (Å²) in [6.07, 6.45) is 1.44. The van der Waals surface area contributed by atoms with Gasteiger partial charge in [-0.25, -0.2) is 0 Å². The second-order valence-corrected chi connectivity index (χ2v) is 11.7. The Kier molecular flexibility index (Phi) is 10.8. The fourth-order valence-electron chi connectivity index (χ4n) is 4.39. The van der Waals surface area contributed by atoms with E-state index in [0.29, 0.717) is 27.5 Å². The van der Waals surface area contributed by atoms with Gasteiger partial charge < -0.3 is 16.0 Å². The van der Waals surface area contributed by atoms with Crippen molar-refractivity contribution in [3.8, 4) is 0 Å². The quantitative estimate of drug-likeness (QED) is 0.0567. The number of halogens is 1. The van der Waals surface area contributed by atoms with Crippen molar-refractivity contribution in [2.45, 2.75) is 10.1 Å². The first-order valence-corrected chi connectivity index (χ1v) is 15.5. The van der Waals surface area contributed by atoms with E-state index in [1.54, 1.807) is 78.9 Å². The van der Waals surface area contributed by atoms with Crippen LogP contribution >= 0.6 is 23.4 Å². The van der Waals surface area contributed by atoms with Crippen LogP contribution in [0.15, 0.2) is 144 Å². The standard InChI is InChI=1S/C36H27ClN4O5S/c37-27-13-15-28(16-14-27)39-36(44)33(25-7-3-1-4-8-25)47-31-21-17-29(18-22-31)38-35(43)32(40-34(42)26-9-5-2-6-10-26)23-24-11-19-30(20-12-24)41(45)46/h1-23,33H,(H,38,43)(H,39,44)(H,40,42)/b32-23-. The van der Waals surface area contributed by atoms with Crippen molar-refractivity contribution in [2.24, 2.45) is 0 Å². The Bertz CT molecular complexity index is 1900. The maximum absolute atomic E-state index is 13.4. The van der Waals surface area contributed by atoms with Crippen LogP contribution in [0.2, 0.25) is 5.02 Å². The largest absolute Gasteiger partial charge is 0.325 e. The molecular formula is C36H27ClN4O5S. The summed E-state index contributed by atoms with van der Waals surface area (Å²) in [5.74, 6) is -1.31. The van der Waals surface area contributed by atoms with Gasteiger partial charge in [-0.3, -0.25) is 24.5 Å². The lowest BCUT2D eigenvalue weighted by atomic mass is 10.1. The van der Waals surface area contributed by atoms with Crippen LogP contribution in [-0.2, 0) is 9.59 Å². The predicted octanol–water partition coefficient (Wildman–Crippen LogP) is 8.13. The zero-order valence-corrected chi connectivity index (χ0v) is 26.2. The average Bonchev–Trinajstić information content (AvgIpc) is 3.09. The Labute approximate surface area is 279 Å². The minimum Gasteiger partial charge on any atom is -0.325 e. The van der Waals surface area contributed by atoms with Crippen LogP contribution in [0.4, 0.5) is 17.1 Å². The average molecular weight is 663 g/mol. The molecule has 0 aliphatic rings. The fourth-order valence-corrected chi connectivity index (χ4v) is 5.55. The van der Waals surface area contributed by atoms with Gasteiger partial charge in [-0.2, -0.15) is 0 Å². The summed E-state index contributed by atoms with van der Waals surface area (Å²) in [5.41, 5.74) is 2.55. The number of anilines is 2. The van der Waals surface area contributed by atoms with Crippen LogP contribution in [-0.4, -0.2) is 22.6 Å². The first kappa shape index (κ1) is 32.7. The lowest BCUT2D eigenvalue weighted by Crippen LogP contribution is -2.30. The van der Waals surface area contributed by atoms with Crippen molar-refractivity contribution >= 4 is 64.2 Å². The van der Waals surface area contributed by atoms with Gasteiger partial charge in [-0.1, -0.05) is 60.1 Å². The predicted molar refractivity (Wildman–Crippen MR) is 185 cm³/mol. The number of nitro benzene ring substituents is 1. The molecule has 5 aromatic carbocycles. The second-order valence-electron chi connectivity index (χ2n) is 10.1. The second kappa shape index (κ2) is 15.5. The van der Waals surface area contributed by atoms with Crippen molar-refractivity contribution < 1.29 is 19.3 Å². The van der Waals surface area contributed by atoms with E-state index >= 15 is 0 Å². The molecule has 0 fully saturated rings. The molecular weight excluding hydrogens is 636 g/mol. The molecule has 0 aromatic heterocycles. The van der Waals surface area contributed by atoms with Gasteiger partial charge in [0.15, 0.2) is 0 Å². The maximum atomic E-state index is 13.4. The third-order valence-corrected chi connectivity index (χ3v) is 8.28. The maximum Gasteiger partial charge on any atom is 0.272 e. The lowest BCUT2D eigenvalue weighted by Gasteiger charge is -2.17. The first-order chi connectivity index (χ1) is 22.7. The summed E-state index contributed by atoms with van der Waals surface area (Å²) >= 11 is 7.34. The Hall–Kier alpha value is -5.71. The molecule has 3 N–H and O–H groups in total. The highest BCUT2D eigenvalue weighted by molar-refractivity contribution is 8.00. The molecule has 1 unspecified atom stereocenters. The molecule has 0 aliphatic heterocycles. The van der Waals surface area contributed by atoms with Crippen molar-refractivity contribution in [3.05, 3.63) is 171 Å². The number of hydrogen-bond acceptors (Lipinski definition) is 6. The first-order valence-electron chi connectivity index (χ1n) is 14.3. The lowest BCUT2D eigenvalue weighted by molar-refractivity contribution is -0.384. The zero-order chi connectivity index (χ0) is 33.2. The Morgan fingerprint density at radius 1 is 0.723 bits per heavy atom. The molecule has 0 aliphatic carbocycles. The summed E-state index contributed by atoms with van der Waals surface area (Å²) in [5, 5.41) is 19.4. The number of non-ortho nitro benzene ring substituents is 1. The monoisotopic (exact) mass is 662 g/mol. The summed E-state index contributed by atoms with van der Waals surface area (Å²) in [7, 11) is 0. The molecule has 5 aromatic rings. The molecule has 0 saturated carbocycles. The highest BCUT2D eigenvalue weighted by Gasteiger charge is 2.23. The Morgan fingerprint density at radius 3 is 1.91 bits per heavy atom. The van der Waals surface area contributed by atoms with Gasteiger partial charge in [0.25, 0.3) is 17.5 Å². The Balaban J connectivity index is 1.33. The van der Waals surface area contributed by atoms with Crippen molar-refractivity contribution in [1.29, 1.82) is 0 Å². The molecule has 47 heavy (non-hydrogen) atoms. The molecule has 11 heteroatoms. The van der Waals surface area contributed by atoms with Crippen molar-refractivity contribution in [2.75, 3.05) is 10.6 Å². The van der Waals surface area contributed by atoms with E-state index in [9.17, 15) is 24.5 Å². The highest BCUT2D eigenvalue weighted by atomic mass is 35.5. The minimum atomic E-state index is -0.599. The molecule has 9 nitrogen and oxygen atoms in total. The molecule has 3 amide bonds. The van der Waals surface area contributed by atoms with E-state index in [1.165, 1.54) is 42.1 Å². The molecule has 234 valence electrons. The van der Waals surface area contributed by atoms with E-state index < -0.39 is 22.0 Å². The molecule has 1 atom stereocenters. The SMILES string of the molecule is O=C(Nc1ccc(SC(C(=O)Nc2ccc(Cl)cc2)c2ccccc2)cc1)/C(=C/c1ccc([N+](=O)[O-])cc1)NC(=O)c1ccccc1. The van der Waals surface area contributed by atoms with E-state index in [-0.39, 0.29) is 17.3 Å². The number of nitro groups is 1. The number of benzene rings is 5. The number of amides is 3. The van der Waals surface area contributed by atoms with Crippen LogP contribution in [0.3, 0.4) is 0 Å². The van der Waals surface area contributed by atoms with Gasteiger partial charge in [-0.15, -0.1) is 11.8 Å². The van der Waals surface area contributed by atoms with Gasteiger partial charge >= 0.3 is 0 Å². The molecule has 0 spiro atoms. The molecule has 0 radical (unpaired) electrons. The smallest absolute Gasteiger partial charge is 0.272 e. The number of nitrogens with zero attached hydrogens (tertiary/aromatic N) is 1. The van der Waals surface area contributed by atoms with Crippen LogP contribution < -0.4 is 16.0 Å². The molecule has 0 saturated heterocycles. The summed E-state index contributed by atoms with van der Waals surface area (Å²) in [6, 6.07) is 37.2. The highest BCUT2D eigenvalue weighted by Crippen LogP contribution is 2.37. The number of thioether (sulfide) groups is 1. The van der Waals surface area contributed by atoms with Crippen LogP contribution in [0.1, 0.15) is 26.7 Å². The third-order valence-electron chi connectivity index (χ3n) is 6.76. The number of carbonyl (C=O) groups excluding carboxylic acids is 3. The minimum absolute atomic E-state index is 0.0610. The molecule has 5 rings (SSSR count). The van der Waals surface area contributed by atoms with E-state index in [0.717, 1.165) is 10.5 Å².